The molecule has 0 saturated heterocycles. The zero-order valence-electron chi connectivity index (χ0n) is 5.93. The first-order valence-corrected chi connectivity index (χ1v) is 4.35. The predicted octanol–water partition coefficient (Wildman–Crippen LogP) is 3.13. The Bertz CT molecular complexity index is 281. The minimum atomic E-state index is -2.49. The summed E-state index contributed by atoms with van der Waals surface area (Å²) in [5, 5.41) is 0. The van der Waals surface area contributed by atoms with Crippen LogP contribution in [0.4, 0.5) is 4.39 Å². The lowest BCUT2D eigenvalue weighted by atomic mass is 10.1. The normalized spacial score (nSPS) is 15.2. The van der Waals surface area contributed by atoms with Crippen molar-refractivity contribution in [1.29, 1.82) is 0 Å². The van der Waals surface area contributed by atoms with Crippen molar-refractivity contribution in [2.45, 2.75) is 4.04 Å². The van der Waals surface area contributed by atoms with Crippen LogP contribution in [0.2, 0.25) is 0 Å². The Hall–Kier alpha value is -0.410. The van der Waals surface area contributed by atoms with Crippen LogP contribution >= 0.6 is 27.5 Å². The van der Waals surface area contributed by atoms with E-state index in [4.69, 9.17) is 11.6 Å². The number of carbonyl (C=O) groups is 1. The Morgan fingerprint density at radius 1 is 1.42 bits per heavy atom. The second-order valence-corrected chi connectivity index (χ2v) is 4.26. The quantitative estimate of drug-likeness (QED) is 0.583. The number of ketones is 1. The molecule has 0 aliphatic rings. The number of rotatable bonds is 2. The Morgan fingerprint density at radius 3 is 2.33 bits per heavy atom. The van der Waals surface area contributed by atoms with Gasteiger partial charge in [0.25, 0.3) is 4.04 Å². The molecule has 0 amide bonds. The third kappa shape index (κ3) is 2.29. The lowest BCUT2D eigenvalue weighted by Crippen LogP contribution is -2.19. The van der Waals surface area contributed by atoms with Crippen LogP contribution in [-0.2, 0) is 0 Å². The molecule has 0 aromatic heterocycles. The van der Waals surface area contributed by atoms with Crippen LogP contribution in [-0.4, -0.2) is 9.82 Å². The van der Waals surface area contributed by atoms with Gasteiger partial charge in [-0.05, 0) is 15.9 Å². The van der Waals surface area contributed by atoms with Crippen molar-refractivity contribution in [3.8, 4) is 0 Å². The molecule has 4 heteroatoms. The van der Waals surface area contributed by atoms with Gasteiger partial charge in [-0.1, -0.05) is 41.9 Å². The maximum atomic E-state index is 12.8. The second-order valence-electron chi connectivity index (χ2n) is 2.19. The molecule has 0 bridgehead atoms. The summed E-state index contributed by atoms with van der Waals surface area (Å²) in [5.41, 5.74) is 0.242. The standard InChI is InChI=1S/C8H5BrClFO/c9-8(10,11)7(12)6-4-2-1-3-5-6/h1-5H. The van der Waals surface area contributed by atoms with Gasteiger partial charge in [0, 0.05) is 5.56 Å². The van der Waals surface area contributed by atoms with Gasteiger partial charge in [0.2, 0.25) is 5.78 Å². The molecule has 0 spiro atoms. The van der Waals surface area contributed by atoms with Crippen LogP contribution < -0.4 is 0 Å². The topological polar surface area (TPSA) is 17.1 Å². The summed E-state index contributed by atoms with van der Waals surface area (Å²) in [6.45, 7) is 0. The maximum absolute atomic E-state index is 12.8. The highest BCUT2D eigenvalue weighted by molar-refractivity contribution is 9.10. The minimum absolute atomic E-state index is 0.242. The van der Waals surface area contributed by atoms with E-state index in [2.05, 4.69) is 15.9 Å². The van der Waals surface area contributed by atoms with E-state index in [-0.39, 0.29) is 5.56 Å². The van der Waals surface area contributed by atoms with Crippen LogP contribution in [0.15, 0.2) is 30.3 Å². The first-order valence-electron chi connectivity index (χ1n) is 3.18. The van der Waals surface area contributed by atoms with E-state index in [1.807, 2.05) is 0 Å². The van der Waals surface area contributed by atoms with E-state index in [0.717, 1.165) is 0 Å². The van der Waals surface area contributed by atoms with E-state index in [0.29, 0.717) is 0 Å². The molecule has 1 aromatic rings. The number of alkyl halides is 3. The summed E-state index contributed by atoms with van der Waals surface area (Å²) in [5.74, 6) is -0.787. The zero-order chi connectivity index (χ0) is 9.19. The molecule has 12 heavy (non-hydrogen) atoms. The van der Waals surface area contributed by atoms with Crippen molar-refractivity contribution < 1.29 is 9.18 Å². The second kappa shape index (κ2) is 3.54. The molecule has 1 rings (SSSR count). The molecular formula is C8H5BrClFO. The smallest absolute Gasteiger partial charge is 0.288 e. The summed E-state index contributed by atoms with van der Waals surface area (Å²) in [6, 6.07) is 8.02. The SMILES string of the molecule is O=C(c1ccccc1)C(F)(Cl)Br. The summed E-state index contributed by atoms with van der Waals surface area (Å²) < 4.78 is 10.3. The average molecular weight is 251 g/mol. The van der Waals surface area contributed by atoms with Crippen molar-refractivity contribution in [2.24, 2.45) is 0 Å². The molecule has 1 atom stereocenters. The van der Waals surface area contributed by atoms with Gasteiger partial charge in [-0.2, -0.15) is 0 Å². The fourth-order valence-corrected chi connectivity index (χ4v) is 1.09. The summed E-state index contributed by atoms with van der Waals surface area (Å²) in [4.78, 5) is 11.1. The molecule has 0 N–H and O–H groups in total. The van der Waals surface area contributed by atoms with Gasteiger partial charge < -0.3 is 0 Å². The molecule has 0 heterocycles. The van der Waals surface area contributed by atoms with Crippen molar-refractivity contribution >= 4 is 33.3 Å². The lowest BCUT2D eigenvalue weighted by Gasteiger charge is -2.07. The number of carbonyl (C=O) groups excluding carboxylic acids is 1. The molecule has 0 radical (unpaired) electrons. The molecule has 0 fully saturated rings. The van der Waals surface area contributed by atoms with Crippen LogP contribution in [0.25, 0.3) is 0 Å². The number of Topliss-reactive ketones (excluding diaryl/α,β-unsaturated/α-hetero) is 1. The minimum Gasteiger partial charge on any atom is -0.288 e. The average Bonchev–Trinajstić information content (AvgIpc) is 2.03. The summed E-state index contributed by atoms with van der Waals surface area (Å²) in [6.07, 6.45) is 0. The third-order valence-electron chi connectivity index (χ3n) is 1.29. The molecule has 0 aliphatic carbocycles. The Kier molecular flexibility index (Phi) is 2.85. The van der Waals surface area contributed by atoms with Gasteiger partial charge in [0.15, 0.2) is 0 Å². The van der Waals surface area contributed by atoms with E-state index in [1.54, 1.807) is 18.2 Å². The van der Waals surface area contributed by atoms with Crippen molar-refractivity contribution in [3.05, 3.63) is 35.9 Å². The Morgan fingerprint density at radius 2 is 1.92 bits per heavy atom. The molecular weight excluding hydrogens is 246 g/mol. The van der Waals surface area contributed by atoms with Crippen LogP contribution in [0.1, 0.15) is 10.4 Å². The van der Waals surface area contributed by atoms with Crippen LogP contribution in [0.3, 0.4) is 0 Å². The fraction of sp³-hybridized carbons (Fsp3) is 0.125. The lowest BCUT2D eigenvalue weighted by molar-refractivity contribution is 0.0917. The Labute approximate surface area is 82.7 Å². The van der Waals surface area contributed by atoms with Crippen molar-refractivity contribution in [2.75, 3.05) is 0 Å². The summed E-state index contributed by atoms with van der Waals surface area (Å²) in [7, 11) is 0. The number of halogens is 3. The van der Waals surface area contributed by atoms with Crippen molar-refractivity contribution in [1.82, 2.24) is 0 Å². The van der Waals surface area contributed by atoms with E-state index in [1.165, 1.54) is 12.1 Å². The first kappa shape index (κ1) is 9.68. The number of hydrogen-bond donors (Lipinski definition) is 0. The van der Waals surface area contributed by atoms with Gasteiger partial charge in [0.05, 0.1) is 0 Å². The number of benzene rings is 1. The molecule has 0 aliphatic heterocycles. The monoisotopic (exact) mass is 250 g/mol. The molecule has 1 unspecified atom stereocenters. The molecule has 0 saturated carbocycles. The predicted molar refractivity (Wildman–Crippen MR) is 49.4 cm³/mol. The highest BCUT2D eigenvalue weighted by Gasteiger charge is 2.32. The largest absolute Gasteiger partial charge is 0.300 e. The van der Waals surface area contributed by atoms with Gasteiger partial charge in [-0.3, -0.25) is 4.79 Å². The van der Waals surface area contributed by atoms with E-state index < -0.39 is 9.82 Å². The highest BCUT2D eigenvalue weighted by Crippen LogP contribution is 2.29. The van der Waals surface area contributed by atoms with Gasteiger partial charge in [0.1, 0.15) is 0 Å². The van der Waals surface area contributed by atoms with E-state index in [9.17, 15) is 9.18 Å². The van der Waals surface area contributed by atoms with E-state index >= 15 is 0 Å². The molecule has 64 valence electrons. The molecule has 1 nitrogen and oxygen atoms in total. The third-order valence-corrected chi connectivity index (χ3v) is 1.83. The van der Waals surface area contributed by atoms with Gasteiger partial charge in [-0.25, -0.2) is 4.39 Å². The summed E-state index contributed by atoms with van der Waals surface area (Å²) >= 11 is 7.55. The van der Waals surface area contributed by atoms with Crippen molar-refractivity contribution in [3.63, 3.8) is 0 Å². The first-order chi connectivity index (χ1) is 5.52. The van der Waals surface area contributed by atoms with Crippen LogP contribution in [0.5, 0.6) is 0 Å². The molecule has 1 aromatic carbocycles. The maximum Gasteiger partial charge on any atom is 0.300 e. The van der Waals surface area contributed by atoms with Crippen LogP contribution in [0, 0.1) is 0 Å². The fourth-order valence-electron chi connectivity index (χ4n) is 0.753. The zero-order valence-corrected chi connectivity index (χ0v) is 8.27. The highest BCUT2D eigenvalue weighted by atomic mass is 79.9. The van der Waals surface area contributed by atoms with Gasteiger partial charge >= 0.3 is 0 Å². The number of hydrogen-bond acceptors (Lipinski definition) is 1. The van der Waals surface area contributed by atoms with Gasteiger partial charge in [-0.15, -0.1) is 0 Å². The Balaban J connectivity index is 2.94.